The molecule has 3 aromatic rings. The fourth-order valence-electron chi connectivity index (χ4n) is 2.62. The third kappa shape index (κ3) is 4.80. The molecule has 0 radical (unpaired) electrons. The molecule has 0 saturated heterocycles. The van der Waals surface area contributed by atoms with E-state index in [1.165, 1.54) is 0 Å². The van der Waals surface area contributed by atoms with Gasteiger partial charge in [0.2, 0.25) is 0 Å². The number of para-hydroxylation sites is 1. The van der Waals surface area contributed by atoms with Gasteiger partial charge in [-0.2, -0.15) is 0 Å². The number of hydrogen-bond donors (Lipinski definition) is 2. The van der Waals surface area contributed by atoms with Crippen LogP contribution in [0.4, 0.5) is 11.4 Å². The van der Waals surface area contributed by atoms with Gasteiger partial charge in [-0.25, -0.2) is 8.42 Å². The Balaban J connectivity index is 1.78. The smallest absolute Gasteiger partial charge is 0.263 e. The monoisotopic (exact) mass is 382 g/mol. The normalized spacial score (nSPS) is 11.0. The van der Waals surface area contributed by atoms with Gasteiger partial charge in [0.05, 0.1) is 12.8 Å². The van der Waals surface area contributed by atoms with E-state index >= 15 is 0 Å². The zero-order chi connectivity index (χ0) is 19.3. The van der Waals surface area contributed by atoms with E-state index < -0.39 is 10.0 Å². The van der Waals surface area contributed by atoms with Crippen LogP contribution in [0.3, 0.4) is 0 Å². The van der Waals surface area contributed by atoms with Crippen LogP contribution in [-0.2, 0) is 16.6 Å². The number of nitrogens with one attached hydrogen (secondary N) is 2. The summed E-state index contributed by atoms with van der Waals surface area (Å²) in [5.74, 6) is 0.782. The van der Waals surface area contributed by atoms with Crippen LogP contribution in [-0.4, -0.2) is 15.5 Å². The minimum Gasteiger partial charge on any atom is -0.497 e. The van der Waals surface area contributed by atoms with E-state index in [1.54, 1.807) is 43.5 Å². The molecular formula is C21H22N2O3S. The van der Waals surface area contributed by atoms with Crippen molar-refractivity contribution in [3.63, 3.8) is 0 Å². The molecule has 6 heteroatoms. The van der Waals surface area contributed by atoms with Crippen molar-refractivity contribution in [2.45, 2.75) is 18.4 Å². The lowest BCUT2D eigenvalue weighted by molar-refractivity contribution is 0.414. The Morgan fingerprint density at radius 2 is 1.56 bits per heavy atom. The third-order valence-electron chi connectivity index (χ3n) is 4.12. The molecule has 0 amide bonds. The Labute approximate surface area is 160 Å². The number of rotatable bonds is 7. The van der Waals surface area contributed by atoms with Gasteiger partial charge in [0, 0.05) is 12.2 Å². The van der Waals surface area contributed by atoms with E-state index in [4.69, 9.17) is 4.74 Å². The molecule has 0 bridgehead atoms. The molecule has 0 aliphatic carbocycles. The van der Waals surface area contributed by atoms with Crippen molar-refractivity contribution in [1.29, 1.82) is 0 Å². The van der Waals surface area contributed by atoms with E-state index in [9.17, 15) is 8.42 Å². The number of anilines is 2. The Kier molecular flexibility index (Phi) is 5.66. The van der Waals surface area contributed by atoms with E-state index in [0.29, 0.717) is 17.9 Å². The molecule has 27 heavy (non-hydrogen) atoms. The van der Waals surface area contributed by atoms with Gasteiger partial charge in [0.1, 0.15) is 10.6 Å². The molecule has 0 heterocycles. The van der Waals surface area contributed by atoms with Crippen molar-refractivity contribution in [2.24, 2.45) is 0 Å². The average molecular weight is 382 g/mol. The molecule has 2 N–H and O–H groups in total. The van der Waals surface area contributed by atoms with Gasteiger partial charge in [0.15, 0.2) is 0 Å². The topological polar surface area (TPSA) is 67.4 Å². The molecule has 0 atom stereocenters. The first-order chi connectivity index (χ1) is 13.0. The van der Waals surface area contributed by atoms with Crippen LogP contribution in [0.5, 0.6) is 5.75 Å². The van der Waals surface area contributed by atoms with E-state index in [1.807, 2.05) is 43.3 Å². The second kappa shape index (κ2) is 8.14. The molecule has 3 aromatic carbocycles. The minimum absolute atomic E-state index is 0.207. The number of methoxy groups -OCH3 is 1. The average Bonchev–Trinajstić information content (AvgIpc) is 2.68. The molecule has 0 spiro atoms. The Hall–Kier alpha value is -2.99. The summed E-state index contributed by atoms with van der Waals surface area (Å²) in [6, 6.07) is 21.7. The van der Waals surface area contributed by atoms with Gasteiger partial charge >= 0.3 is 0 Å². The fourth-order valence-corrected chi connectivity index (χ4v) is 3.86. The van der Waals surface area contributed by atoms with Crippen molar-refractivity contribution in [1.82, 2.24) is 0 Å². The molecule has 0 saturated carbocycles. The van der Waals surface area contributed by atoms with E-state index in [-0.39, 0.29) is 4.90 Å². The van der Waals surface area contributed by atoms with Crippen molar-refractivity contribution < 1.29 is 13.2 Å². The third-order valence-corrected chi connectivity index (χ3v) is 5.56. The van der Waals surface area contributed by atoms with E-state index in [2.05, 4.69) is 10.0 Å². The van der Waals surface area contributed by atoms with Crippen molar-refractivity contribution >= 4 is 21.4 Å². The highest BCUT2D eigenvalue weighted by molar-refractivity contribution is 7.92. The van der Waals surface area contributed by atoms with Crippen LogP contribution in [0.25, 0.3) is 0 Å². The van der Waals surface area contributed by atoms with Crippen LogP contribution in [0.1, 0.15) is 11.1 Å². The standard InChI is InChI=1S/C21H22N2O3S/c1-16-7-11-18(12-8-16)23-27(24,25)21-6-4-3-5-20(21)22-15-17-9-13-19(26-2)14-10-17/h3-14,22-23H,15H2,1-2H3. The quantitative estimate of drug-likeness (QED) is 0.635. The summed E-state index contributed by atoms with van der Waals surface area (Å²) in [4.78, 5) is 0.207. The molecular weight excluding hydrogens is 360 g/mol. The summed E-state index contributed by atoms with van der Waals surface area (Å²) in [6.45, 7) is 2.46. The van der Waals surface area contributed by atoms with Gasteiger partial charge in [0.25, 0.3) is 10.0 Å². The second-order valence-electron chi connectivity index (χ2n) is 6.17. The van der Waals surface area contributed by atoms with Crippen molar-refractivity contribution in [3.8, 4) is 5.75 Å². The van der Waals surface area contributed by atoms with Crippen molar-refractivity contribution in [2.75, 3.05) is 17.1 Å². The SMILES string of the molecule is COc1ccc(CNc2ccccc2S(=O)(=O)Nc2ccc(C)cc2)cc1. The van der Waals surface area contributed by atoms with Crippen LogP contribution < -0.4 is 14.8 Å². The Morgan fingerprint density at radius 1 is 0.889 bits per heavy atom. The number of benzene rings is 3. The summed E-state index contributed by atoms with van der Waals surface area (Å²) in [5.41, 5.74) is 3.17. The zero-order valence-electron chi connectivity index (χ0n) is 15.3. The second-order valence-corrected chi connectivity index (χ2v) is 7.82. The number of sulfonamides is 1. The molecule has 5 nitrogen and oxygen atoms in total. The van der Waals surface area contributed by atoms with Crippen LogP contribution in [0.2, 0.25) is 0 Å². The number of hydrogen-bond acceptors (Lipinski definition) is 4. The van der Waals surface area contributed by atoms with Gasteiger partial charge < -0.3 is 10.1 Å². The number of aryl methyl sites for hydroxylation is 1. The maximum atomic E-state index is 12.8. The first kappa shape index (κ1) is 18.8. The van der Waals surface area contributed by atoms with Gasteiger partial charge in [-0.15, -0.1) is 0 Å². The first-order valence-corrected chi connectivity index (χ1v) is 10.0. The molecule has 3 rings (SSSR count). The molecule has 140 valence electrons. The zero-order valence-corrected chi connectivity index (χ0v) is 16.1. The predicted octanol–water partition coefficient (Wildman–Crippen LogP) is 4.42. The van der Waals surface area contributed by atoms with Crippen LogP contribution in [0.15, 0.2) is 77.7 Å². The molecule has 0 unspecified atom stereocenters. The molecule has 0 fully saturated rings. The van der Waals surface area contributed by atoms with Crippen LogP contribution in [0, 0.1) is 6.92 Å². The molecule has 0 aliphatic rings. The van der Waals surface area contributed by atoms with Gasteiger partial charge in [-0.3, -0.25) is 4.72 Å². The Bertz CT molecular complexity index is 998. The highest BCUT2D eigenvalue weighted by atomic mass is 32.2. The predicted molar refractivity (Wildman–Crippen MR) is 109 cm³/mol. The summed E-state index contributed by atoms with van der Waals surface area (Å²) < 4.78 is 33.5. The van der Waals surface area contributed by atoms with Crippen molar-refractivity contribution in [3.05, 3.63) is 83.9 Å². The lowest BCUT2D eigenvalue weighted by atomic mass is 10.2. The summed E-state index contributed by atoms with van der Waals surface area (Å²) in [6.07, 6.45) is 0. The van der Waals surface area contributed by atoms with E-state index in [0.717, 1.165) is 16.9 Å². The molecule has 0 aromatic heterocycles. The minimum atomic E-state index is -3.70. The summed E-state index contributed by atoms with van der Waals surface area (Å²) in [7, 11) is -2.08. The highest BCUT2D eigenvalue weighted by Crippen LogP contribution is 2.24. The maximum absolute atomic E-state index is 12.8. The van der Waals surface area contributed by atoms with Gasteiger partial charge in [-0.05, 0) is 48.9 Å². The lowest BCUT2D eigenvalue weighted by Gasteiger charge is -2.14. The summed E-state index contributed by atoms with van der Waals surface area (Å²) in [5, 5.41) is 3.21. The first-order valence-electron chi connectivity index (χ1n) is 8.53. The molecule has 0 aliphatic heterocycles. The fraction of sp³-hybridized carbons (Fsp3) is 0.143. The highest BCUT2D eigenvalue weighted by Gasteiger charge is 2.18. The largest absolute Gasteiger partial charge is 0.497 e. The summed E-state index contributed by atoms with van der Waals surface area (Å²) >= 11 is 0. The maximum Gasteiger partial charge on any atom is 0.263 e. The Morgan fingerprint density at radius 3 is 2.22 bits per heavy atom. The van der Waals surface area contributed by atoms with Crippen LogP contribution >= 0.6 is 0 Å². The van der Waals surface area contributed by atoms with Gasteiger partial charge in [-0.1, -0.05) is 42.0 Å². The number of ether oxygens (including phenoxy) is 1. The lowest BCUT2D eigenvalue weighted by Crippen LogP contribution is -2.15.